The predicted molar refractivity (Wildman–Crippen MR) is 64.8 cm³/mol. The standard InChI is InChI=1S/C13H18FNO2/c1-5-9(2)15(3)13(16)10-6-7-12(17-4)11(14)8-10/h6-9H,5H2,1-4H3. The predicted octanol–water partition coefficient (Wildman–Crippen LogP) is 2.70. The number of nitrogens with zero attached hydrogens (tertiary/aromatic N) is 1. The topological polar surface area (TPSA) is 29.5 Å². The molecule has 0 spiro atoms. The molecular formula is C13H18FNO2. The first kappa shape index (κ1) is 13.5. The Morgan fingerprint density at radius 3 is 2.65 bits per heavy atom. The molecule has 0 aliphatic carbocycles. The molecule has 0 bridgehead atoms. The van der Waals surface area contributed by atoms with E-state index in [0.717, 1.165) is 6.42 Å². The largest absolute Gasteiger partial charge is 0.494 e. The molecule has 0 N–H and O–H groups in total. The van der Waals surface area contributed by atoms with E-state index < -0.39 is 5.82 Å². The molecule has 1 atom stereocenters. The second-order valence-electron chi connectivity index (χ2n) is 4.02. The normalized spacial score (nSPS) is 12.1. The van der Waals surface area contributed by atoms with Gasteiger partial charge in [-0.1, -0.05) is 6.92 Å². The summed E-state index contributed by atoms with van der Waals surface area (Å²) in [4.78, 5) is 13.6. The first-order valence-corrected chi connectivity index (χ1v) is 5.62. The van der Waals surface area contributed by atoms with Crippen LogP contribution in [-0.4, -0.2) is 31.0 Å². The van der Waals surface area contributed by atoms with E-state index in [1.165, 1.54) is 19.2 Å². The molecule has 1 aromatic carbocycles. The van der Waals surface area contributed by atoms with Gasteiger partial charge in [-0.2, -0.15) is 0 Å². The van der Waals surface area contributed by atoms with Crippen LogP contribution in [0.1, 0.15) is 30.6 Å². The number of halogens is 1. The van der Waals surface area contributed by atoms with Crippen LogP contribution in [-0.2, 0) is 0 Å². The van der Waals surface area contributed by atoms with E-state index in [0.29, 0.717) is 5.56 Å². The number of benzene rings is 1. The number of carbonyl (C=O) groups excluding carboxylic acids is 1. The van der Waals surface area contributed by atoms with E-state index in [1.807, 2.05) is 13.8 Å². The number of amides is 1. The summed E-state index contributed by atoms with van der Waals surface area (Å²) < 4.78 is 18.3. The molecule has 94 valence electrons. The minimum atomic E-state index is -0.518. The van der Waals surface area contributed by atoms with Crippen LogP contribution in [0.2, 0.25) is 0 Å². The van der Waals surface area contributed by atoms with Crippen LogP contribution in [0.15, 0.2) is 18.2 Å². The van der Waals surface area contributed by atoms with Gasteiger partial charge in [-0.05, 0) is 31.5 Å². The lowest BCUT2D eigenvalue weighted by atomic mass is 10.1. The summed E-state index contributed by atoms with van der Waals surface area (Å²) in [5, 5.41) is 0. The van der Waals surface area contributed by atoms with Gasteiger partial charge in [-0.3, -0.25) is 4.79 Å². The van der Waals surface area contributed by atoms with Crippen LogP contribution < -0.4 is 4.74 Å². The van der Waals surface area contributed by atoms with Crippen molar-refractivity contribution in [1.29, 1.82) is 0 Å². The van der Waals surface area contributed by atoms with Gasteiger partial charge in [-0.15, -0.1) is 0 Å². The summed E-state index contributed by atoms with van der Waals surface area (Å²) in [6.45, 7) is 3.96. The van der Waals surface area contributed by atoms with Crippen LogP contribution in [0.3, 0.4) is 0 Å². The van der Waals surface area contributed by atoms with Crippen LogP contribution in [0, 0.1) is 5.82 Å². The maximum Gasteiger partial charge on any atom is 0.253 e. The Bertz CT molecular complexity index is 406. The second-order valence-corrected chi connectivity index (χ2v) is 4.02. The van der Waals surface area contributed by atoms with Crippen molar-refractivity contribution in [2.75, 3.05) is 14.2 Å². The average molecular weight is 239 g/mol. The summed E-state index contributed by atoms with van der Waals surface area (Å²) in [6, 6.07) is 4.38. The molecule has 1 unspecified atom stereocenters. The molecule has 17 heavy (non-hydrogen) atoms. The van der Waals surface area contributed by atoms with Crippen LogP contribution >= 0.6 is 0 Å². The Morgan fingerprint density at radius 1 is 1.53 bits per heavy atom. The van der Waals surface area contributed by atoms with Crippen LogP contribution in [0.5, 0.6) is 5.75 Å². The maximum absolute atomic E-state index is 13.5. The van der Waals surface area contributed by atoms with Gasteiger partial charge in [0.2, 0.25) is 0 Å². The SMILES string of the molecule is CCC(C)N(C)C(=O)c1ccc(OC)c(F)c1. The smallest absolute Gasteiger partial charge is 0.253 e. The van der Waals surface area contributed by atoms with Crippen molar-refractivity contribution >= 4 is 5.91 Å². The Labute approximate surface area is 101 Å². The molecule has 0 saturated heterocycles. The fourth-order valence-corrected chi connectivity index (χ4v) is 1.48. The summed E-state index contributed by atoms with van der Waals surface area (Å²) in [5.74, 6) is -0.551. The molecule has 1 rings (SSSR count). The van der Waals surface area contributed by atoms with Crippen LogP contribution in [0.25, 0.3) is 0 Å². The highest BCUT2D eigenvalue weighted by Gasteiger charge is 2.17. The molecule has 1 amide bonds. The first-order valence-electron chi connectivity index (χ1n) is 5.62. The fraction of sp³-hybridized carbons (Fsp3) is 0.462. The highest BCUT2D eigenvalue weighted by molar-refractivity contribution is 5.94. The van der Waals surface area contributed by atoms with Gasteiger partial charge in [0.1, 0.15) is 0 Å². The molecule has 1 aromatic rings. The van der Waals surface area contributed by atoms with E-state index >= 15 is 0 Å². The number of ether oxygens (including phenoxy) is 1. The molecule has 4 heteroatoms. The zero-order chi connectivity index (χ0) is 13.0. The monoisotopic (exact) mass is 239 g/mol. The fourth-order valence-electron chi connectivity index (χ4n) is 1.48. The third-order valence-corrected chi connectivity index (χ3v) is 2.97. The second kappa shape index (κ2) is 5.66. The molecule has 0 aromatic heterocycles. The van der Waals surface area contributed by atoms with Gasteiger partial charge in [-0.25, -0.2) is 4.39 Å². The van der Waals surface area contributed by atoms with Crippen molar-refractivity contribution in [2.24, 2.45) is 0 Å². The van der Waals surface area contributed by atoms with Crippen molar-refractivity contribution in [1.82, 2.24) is 4.90 Å². The Morgan fingerprint density at radius 2 is 2.18 bits per heavy atom. The molecule has 0 saturated carbocycles. The van der Waals surface area contributed by atoms with E-state index in [1.54, 1.807) is 18.0 Å². The number of rotatable bonds is 4. The van der Waals surface area contributed by atoms with Gasteiger partial charge in [0.15, 0.2) is 11.6 Å². The lowest BCUT2D eigenvalue weighted by molar-refractivity contribution is 0.0740. The summed E-state index contributed by atoms with van der Waals surface area (Å²) >= 11 is 0. The third-order valence-electron chi connectivity index (χ3n) is 2.97. The molecule has 0 fully saturated rings. The Balaban J connectivity index is 2.93. The van der Waals surface area contributed by atoms with Gasteiger partial charge in [0.05, 0.1) is 7.11 Å². The minimum absolute atomic E-state index is 0.132. The number of methoxy groups -OCH3 is 1. The summed E-state index contributed by atoms with van der Waals surface area (Å²) in [6.07, 6.45) is 0.862. The number of hydrogen-bond donors (Lipinski definition) is 0. The molecular weight excluding hydrogens is 221 g/mol. The highest BCUT2D eigenvalue weighted by atomic mass is 19.1. The van der Waals surface area contributed by atoms with Crippen molar-refractivity contribution in [3.63, 3.8) is 0 Å². The third kappa shape index (κ3) is 2.96. The molecule has 0 radical (unpaired) electrons. The molecule has 3 nitrogen and oxygen atoms in total. The van der Waals surface area contributed by atoms with Gasteiger partial charge in [0.25, 0.3) is 5.91 Å². The highest BCUT2D eigenvalue weighted by Crippen LogP contribution is 2.19. The van der Waals surface area contributed by atoms with Crippen LogP contribution in [0.4, 0.5) is 4.39 Å². The lowest BCUT2D eigenvalue weighted by Crippen LogP contribution is -2.34. The van der Waals surface area contributed by atoms with E-state index in [9.17, 15) is 9.18 Å². The Kier molecular flexibility index (Phi) is 4.49. The van der Waals surface area contributed by atoms with Crippen molar-refractivity contribution in [3.05, 3.63) is 29.6 Å². The van der Waals surface area contributed by atoms with Crippen molar-refractivity contribution < 1.29 is 13.9 Å². The first-order chi connectivity index (χ1) is 8.01. The van der Waals surface area contributed by atoms with Gasteiger partial charge >= 0.3 is 0 Å². The number of carbonyl (C=O) groups is 1. The van der Waals surface area contributed by atoms with Crippen molar-refractivity contribution in [2.45, 2.75) is 26.3 Å². The quantitative estimate of drug-likeness (QED) is 0.808. The molecule has 0 aliphatic rings. The molecule has 0 heterocycles. The van der Waals surface area contributed by atoms with Crippen molar-refractivity contribution in [3.8, 4) is 5.75 Å². The average Bonchev–Trinajstić information content (AvgIpc) is 2.35. The van der Waals surface area contributed by atoms with Gasteiger partial charge in [0, 0.05) is 18.7 Å². The zero-order valence-corrected chi connectivity index (χ0v) is 10.7. The summed E-state index contributed by atoms with van der Waals surface area (Å²) in [5.41, 5.74) is 0.339. The maximum atomic E-state index is 13.5. The zero-order valence-electron chi connectivity index (χ0n) is 10.7. The van der Waals surface area contributed by atoms with Gasteiger partial charge < -0.3 is 9.64 Å². The van der Waals surface area contributed by atoms with E-state index in [2.05, 4.69) is 0 Å². The minimum Gasteiger partial charge on any atom is -0.494 e. The number of hydrogen-bond acceptors (Lipinski definition) is 2. The van der Waals surface area contributed by atoms with E-state index in [-0.39, 0.29) is 17.7 Å². The molecule has 0 aliphatic heterocycles. The van der Waals surface area contributed by atoms with E-state index in [4.69, 9.17) is 4.74 Å². The lowest BCUT2D eigenvalue weighted by Gasteiger charge is -2.23. The summed E-state index contributed by atoms with van der Waals surface area (Å²) in [7, 11) is 3.11. The Hall–Kier alpha value is -1.58.